The third-order valence-electron chi connectivity index (χ3n) is 3.37. The van der Waals surface area contributed by atoms with Gasteiger partial charge in [-0.15, -0.1) is 0 Å². The number of ether oxygens (including phenoxy) is 1. The highest BCUT2D eigenvalue weighted by Gasteiger charge is 2.27. The first kappa shape index (κ1) is 16.6. The zero-order valence-electron chi connectivity index (χ0n) is 13.1. The van der Waals surface area contributed by atoms with Crippen LogP contribution in [0.15, 0.2) is 18.2 Å². The predicted molar refractivity (Wildman–Crippen MR) is 86.8 cm³/mol. The summed E-state index contributed by atoms with van der Waals surface area (Å²) in [6.07, 6.45) is 1.20. The van der Waals surface area contributed by atoms with Crippen LogP contribution in [0.3, 0.4) is 0 Å². The molecule has 0 aliphatic carbocycles. The number of hydrogen-bond donors (Lipinski definition) is 1. The van der Waals surface area contributed by atoms with Crippen LogP contribution in [-0.4, -0.2) is 37.1 Å². The van der Waals surface area contributed by atoms with Gasteiger partial charge in [0.15, 0.2) is 6.29 Å². The van der Waals surface area contributed by atoms with Crippen LogP contribution in [0.2, 0.25) is 5.02 Å². The van der Waals surface area contributed by atoms with Crippen molar-refractivity contribution in [2.45, 2.75) is 38.8 Å². The van der Waals surface area contributed by atoms with Crippen molar-refractivity contribution >= 4 is 29.7 Å². The van der Waals surface area contributed by atoms with Crippen molar-refractivity contribution in [3.63, 3.8) is 0 Å². The minimum atomic E-state index is -0.514. The maximum absolute atomic E-state index is 11.8. The molecule has 22 heavy (non-hydrogen) atoms. The van der Waals surface area contributed by atoms with Gasteiger partial charge in [0.25, 0.3) is 0 Å². The van der Waals surface area contributed by atoms with Gasteiger partial charge in [-0.25, -0.2) is 4.79 Å². The molecular formula is C16H21ClN2O3. The molecule has 120 valence electrons. The predicted octanol–water partition coefficient (Wildman–Crippen LogP) is 3.26. The molecule has 2 rings (SSSR count). The fraction of sp³-hybridized carbons (Fsp3) is 0.500. The van der Waals surface area contributed by atoms with E-state index >= 15 is 0 Å². The second-order valence-electron chi connectivity index (χ2n) is 6.40. The van der Waals surface area contributed by atoms with E-state index in [0.717, 1.165) is 24.9 Å². The van der Waals surface area contributed by atoms with Gasteiger partial charge in [0.05, 0.1) is 6.04 Å². The second-order valence-corrected chi connectivity index (χ2v) is 6.84. The van der Waals surface area contributed by atoms with Crippen LogP contribution in [0.4, 0.5) is 10.5 Å². The fourth-order valence-corrected chi connectivity index (χ4v) is 2.63. The number of rotatable bonds is 3. The lowest BCUT2D eigenvalue weighted by atomic mass is 10.2. The molecule has 1 saturated heterocycles. The standard InChI is InChI=1S/C16H21ClN2O3/c1-16(2,3)22-15(21)18-13-6-7-19(9-13)14-8-12(17)5-4-11(14)10-20/h4-5,8,10,13H,6-7,9H2,1-3H3,(H,18,21)/t13-/m1/s1. The maximum atomic E-state index is 11.8. The van der Waals surface area contributed by atoms with E-state index in [1.54, 1.807) is 18.2 Å². The Morgan fingerprint density at radius 2 is 2.18 bits per heavy atom. The van der Waals surface area contributed by atoms with Gasteiger partial charge in [-0.1, -0.05) is 11.6 Å². The van der Waals surface area contributed by atoms with E-state index in [1.165, 1.54) is 0 Å². The molecule has 1 fully saturated rings. The SMILES string of the molecule is CC(C)(C)OC(=O)N[C@@H]1CCN(c2cc(Cl)ccc2C=O)C1. The first-order valence-electron chi connectivity index (χ1n) is 7.27. The lowest BCUT2D eigenvalue weighted by Gasteiger charge is -2.23. The number of carbonyl (C=O) groups is 2. The molecule has 1 aliphatic rings. The summed E-state index contributed by atoms with van der Waals surface area (Å²) in [7, 11) is 0. The summed E-state index contributed by atoms with van der Waals surface area (Å²) in [6, 6.07) is 5.18. The number of anilines is 1. The number of nitrogens with one attached hydrogen (secondary N) is 1. The Morgan fingerprint density at radius 3 is 2.82 bits per heavy atom. The van der Waals surface area contributed by atoms with Crippen molar-refractivity contribution < 1.29 is 14.3 Å². The molecule has 0 unspecified atom stereocenters. The number of amides is 1. The smallest absolute Gasteiger partial charge is 0.407 e. The monoisotopic (exact) mass is 324 g/mol. The van der Waals surface area contributed by atoms with E-state index in [9.17, 15) is 9.59 Å². The van der Waals surface area contributed by atoms with E-state index < -0.39 is 11.7 Å². The van der Waals surface area contributed by atoms with E-state index in [4.69, 9.17) is 16.3 Å². The first-order chi connectivity index (χ1) is 10.3. The average Bonchev–Trinajstić information content (AvgIpc) is 2.84. The lowest BCUT2D eigenvalue weighted by molar-refractivity contribution is 0.0509. The second kappa shape index (κ2) is 6.57. The third kappa shape index (κ3) is 4.37. The highest BCUT2D eigenvalue weighted by Crippen LogP contribution is 2.27. The molecule has 0 saturated carbocycles. The summed E-state index contributed by atoms with van der Waals surface area (Å²) in [5.74, 6) is 0. The molecule has 0 aromatic heterocycles. The molecule has 1 aromatic carbocycles. The molecule has 1 heterocycles. The van der Waals surface area contributed by atoms with Gasteiger partial charge in [-0.3, -0.25) is 4.79 Å². The van der Waals surface area contributed by atoms with Gasteiger partial charge in [0, 0.05) is 29.4 Å². The quantitative estimate of drug-likeness (QED) is 0.867. The molecule has 1 aliphatic heterocycles. The molecule has 1 N–H and O–H groups in total. The van der Waals surface area contributed by atoms with Crippen LogP contribution >= 0.6 is 11.6 Å². The van der Waals surface area contributed by atoms with Crippen molar-refractivity contribution in [1.29, 1.82) is 0 Å². The van der Waals surface area contributed by atoms with Crippen molar-refractivity contribution in [2.75, 3.05) is 18.0 Å². The number of hydrogen-bond acceptors (Lipinski definition) is 4. The van der Waals surface area contributed by atoms with Crippen molar-refractivity contribution in [3.05, 3.63) is 28.8 Å². The summed E-state index contributed by atoms with van der Waals surface area (Å²) in [4.78, 5) is 25.0. The minimum absolute atomic E-state index is 0.00617. The van der Waals surface area contributed by atoms with Gasteiger partial charge in [-0.05, 0) is 45.4 Å². The molecule has 6 heteroatoms. The van der Waals surface area contributed by atoms with Gasteiger partial charge in [0.1, 0.15) is 5.60 Å². The molecule has 0 spiro atoms. The number of halogens is 1. The molecule has 1 amide bonds. The Labute approximate surface area is 135 Å². The zero-order chi connectivity index (χ0) is 16.3. The first-order valence-corrected chi connectivity index (χ1v) is 7.65. The summed E-state index contributed by atoms with van der Waals surface area (Å²) in [6.45, 7) is 6.86. The van der Waals surface area contributed by atoms with Crippen molar-refractivity contribution in [1.82, 2.24) is 5.32 Å². The Kier molecular flexibility index (Phi) is 4.96. The Bertz CT molecular complexity index is 569. The summed E-state index contributed by atoms with van der Waals surface area (Å²) in [5.41, 5.74) is 0.887. The highest BCUT2D eigenvalue weighted by molar-refractivity contribution is 6.31. The minimum Gasteiger partial charge on any atom is -0.444 e. The number of benzene rings is 1. The van der Waals surface area contributed by atoms with Crippen LogP contribution < -0.4 is 10.2 Å². The summed E-state index contributed by atoms with van der Waals surface area (Å²) >= 11 is 6.01. The normalized spacial score (nSPS) is 18.2. The van der Waals surface area contributed by atoms with Crippen LogP contribution in [0.1, 0.15) is 37.6 Å². The molecule has 1 aromatic rings. The Morgan fingerprint density at radius 1 is 1.45 bits per heavy atom. The Balaban J connectivity index is 2.00. The average molecular weight is 325 g/mol. The van der Waals surface area contributed by atoms with Crippen LogP contribution in [-0.2, 0) is 4.74 Å². The molecular weight excluding hydrogens is 304 g/mol. The van der Waals surface area contributed by atoms with Crippen LogP contribution in [0.5, 0.6) is 0 Å². The van der Waals surface area contributed by atoms with E-state index in [-0.39, 0.29) is 6.04 Å². The molecule has 0 bridgehead atoms. The van der Waals surface area contributed by atoms with E-state index in [0.29, 0.717) is 17.1 Å². The van der Waals surface area contributed by atoms with Gasteiger partial charge in [-0.2, -0.15) is 0 Å². The van der Waals surface area contributed by atoms with Gasteiger partial charge >= 0.3 is 6.09 Å². The zero-order valence-corrected chi connectivity index (χ0v) is 13.8. The van der Waals surface area contributed by atoms with Crippen LogP contribution in [0.25, 0.3) is 0 Å². The van der Waals surface area contributed by atoms with E-state index in [1.807, 2.05) is 20.8 Å². The number of alkyl carbamates (subject to hydrolysis) is 1. The van der Waals surface area contributed by atoms with E-state index in [2.05, 4.69) is 10.2 Å². The van der Waals surface area contributed by atoms with Gasteiger partial charge < -0.3 is 15.0 Å². The largest absolute Gasteiger partial charge is 0.444 e. The third-order valence-corrected chi connectivity index (χ3v) is 3.60. The summed E-state index contributed by atoms with van der Waals surface area (Å²) < 4.78 is 5.26. The molecule has 5 nitrogen and oxygen atoms in total. The molecule has 1 atom stereocenters. The summed E-state index contributed by atoms with van der Waals surface area (Å²) in [5, 5.41) is 3.45. The number of carbonyl (C=O) groups excluding carboxylic acids is 2. The topological polar surface area (TPSA) is 58.6 Å². The molecule has 0 radical (unpaired) electrons. The van der Waals surface area contributed by atoms with Crippen LogP contribution in [0, 0.1) is 0 Å². The maximum Gasteiger partial charge on any atom is 0.407 e. The fourth-order valence-electron chi connectivity index (χ4n) is 2.46. The van der Waals surface area contributed by atoms with Gasteiger partial charge in [0.2, 0.25) is 0 Å². The number of aldehydes is 1. The lowest BCUT2D eigenvalue weighted by Crippen LogP contribution is -2.40. The highest BCUT2D eigenvalue weighted by atomic mass is 35.5. The van der Waals surface area contributed by atoms with Crippen molar-refractivity contribution in [3.8, 4) is 0 Å². The Hall–Kier alpha value is -1.75. The number of nitrogens with zero attached hydrogens (tertiary/aromatic N) is 1. The van der Waals surface area contributed by atoms with Crippen molar-refractivity contribution in [2.24, 2.45) is 0 Å².